The maximum absolute atomic E-state index is 13.1. The summed E-state index contributed by atoms with van der Waals surface area (Å²) in [6.07, 6.45) is 7.78. The Bertz CT molecular complexity index is 928. The molecule has 2 aliphatic heterocycles. The predicted octanol–water partition coefficient (Wildman–Crippen LogP) is 3.07. The third-order valence-corrected chi connectivity index (χ3v) is 6.96. The highest BCUT2D eigenvalue weighted by molar-refractivity contribution is 5.93. The van der Waals surface area contributed by atoms with Crippen LogP contribution in [0.25, 0.3) is 0 Å². The standard InChI is InChI=1S/C24H30N4O3/c29-23(26-19-8-4-5-9-19)18-10-12-27(13-11-18)24(30)22-20-15-31-21(14-28(20)16-25-22)17-6-2-1-3-7-17/h1-3,6-7,16,18-19,21H,4-5,8-15H2,(H,26,29)/t21-/m0/s1. The van der Waals surface area contributed by atoms with Gasteiger partial charge in [-0.3, -0.25) is 9.59 Å². The number of nitrogens with one attached hydrogen (secondary N) is 1. The first-order valence-corrected chi connectivity index (χ1v) is 11.5. The van der Waals surface area contributed by atoms with E-state index >= 15 is 0 Å². The van der Waals surface area contributed by atoms with Crippen molar-refractivity contribution in [3.8, 4) is 0 Å². The molecule has 2 aromatic rings. The topological polar surface area (TPSA) is 76.5 Å². The molecule has 3 aliphatic rings. The summed E-state index contributed by atoms with van der Waals surface area (Å²) in [7, 11) is 0. The van der Waals surface area contributed by atoms with E-state index in [1.54, 1.807) is 6.33 Å². The first-order valence-electron chi connectivity index (χ1n) is 11.5. The van der Waals surface area contributed by atoms with E-state index in [1.807, 2.05) is 27.7 Å². The zero-order chi connectivity index (χ0) is 21.2. The number of fused-ring (bicyclic) bond motifs is 1. The molecule has 164 valence electrons. The minimum absolute atomic E-state index is 0.00975. The molecule has 1 saturated heterocycles. The summed E-state index contributed by atoms with van der Waals surface area (Å²) in [5.74, 6) is 0.124. The van der Waals surface area contributed by atoms with Crippen LogP contribution in [-0.2, 0) is 22.7 Å². The maximum atomic E-state index is 13.1. The van der Waals surface area contributed by atoms with Gasteiger partial charge in [0.15, 0.2) is 5.69 Å². The number of carbonyl (C=O) groups is 2. The van der Waals surface area contributed by atoms with Crippen molar-refractivity contribution in [1.29, 1.82) is 0 Å². The van der Waals surface area contributed by atoms with Gasteiger partial charge in [-0.05, 0) is 31.2 Å². The third-order valence-electron chi connectivity index (χ3n) is 6.96. The number of amides is 2. The van der Waals surface area contributed by atoms with Crippen LogP contribution in [0, 0.1) is 5.92 Å². The molecule has 1 aromatic carbocycles. The van der Waals surface area contributed by atoms with Crippen molar-refractivity contribution in [1.82, 2.24) is 19.8 Å². The lowest BCUT2D eigenvalue weighted by molar-refractivity contribution is -0.127. The average molecular weight is 423 g/mol. The number of rotatable bonds is 4. The summed E-state index contributed by atoms with van der Waals surface area (Å²) in [6.45, 7) is 2.23. The van der Waals surface area contributed by atoms with Gasteiger partial charge in [0.1, 0.15) is 6.10 Å². The molecule has 0 bridgehead atoms. The van der Waals surface area contributed by atoms with Crippen molar-refractivity contribution in [3.05, 3.63) is 53.6 Å². The van der Waals surface area contributed by atoms with E-state index in [0.29, 0.717) is 50.8 Å². The van der Waals surface area contributed by atoms with E-state index in [1.165, 1.54) is 12.8 Å². The van der Waals surface area contributed by atoms with Crippen molar-refractivity contribution in [2.75, 3.05) is 13.1 Å². The second-order valence-corrected chi connectivity index (χ2v) is 8.96. The molecular formula is C24H30N4O3. The van der Waals surface area contributed by atoms with Crippen LogP contribution in [0.1, 0.15) is 66.4 Å². The highest BCUT2D eigenvalue weighted by Crippen LogP contribution is 2.29. The van der Waals surface area contributed by atoms with E-state index in [-0.39, 0.29) is 23.8 Å². The minimum atomic E-state index is -0.0508. The van der Waals surface area contributed by atoms with E-state index < -0.39 is 0 Å². The molecule has 1 atom stereocenters. The van der Waals surface area contributed by atoms with Crippen LogP contribution < -0.4 is 5.32 Å². The highest BCUT2D eigenvalue weighted by Gasteiger charge is 2.32. The normalized spacial score (nSPS) is 22.3. The molecular weight excluding hydrogens is 392 g/mol. The molecule has 7 heteroatoms. The molecule has 0 radical (unpaired) electrons. The Hall–Kier alpha value is -2.67. The quantitative estimate of drug-likeness (QED) is 0.822. The summed E-state index contributed by atoms with van der Waals surface area (Å²) in [4.78, 5) is 32.0. The Labute approximate surface area is 182 Å². The molecule has 2 fully saturated rings. The summed E-state index contributed by atoms with van der Waals surface area (Å²) in [5.41, 5.74) is 2.46. The number of carbonyl (C=O) groups excluding carboxylic acids is 2. The number of ether oxygens (including phenoxy) is 1. The molecule has 0 spiro atoms. The third kappa shape index (κ3) is 4.24. The Balaban J connectivity index is 1.18. The van der Waals surface area contributed by atoms with Gasteiger partial charge in [0, 0.05) is 25.0 Å². The van der Waals surface area contributed by atoms with Crippen molar-refractivity contribution >= 4 is 11.8 Å². The Morgan fingerprint density at radius 2 is 1.77 bits per heavy atom. The molecule has 0 unspecified atom stereocenters. The van der Waals surface area contributed by atoms with Gasteiger partial charge in [0.25, 0.3) is 5.91 Å². The van der Waals surface area contributed by atoms with E-state index in [0.717, 1.165) is 24.1 Å². The van der Waals surface area contributed by atoms with Crippen molar-refractivity contribution in [3.63, 3.8) is 0 Å². The fourth-order valence-corrected chi connectivity index (χ4v) is 5.06. The highest BCUT2D eigenvalue weighted by atomic mass is 16.5. The lowest BCUT2D eigenvalue weighted by Crippen LogP contribution is -2.45. The lowest BCUT2D eigenvalue weighted by atomic mass is 9.95. The number of aromatic nitrogens is 2. The van der Waals surface area contributed by atoms with E-state index in [4.69, 9.17) is 4.74 Å². The first kappa shape index (κ1) is 20.2. The molecule has 1 saturated carbocycles. The minimum Gasteiger partial charge on any atom is -0.365 e. The maximum Gasteiger partial charge on any atom is 0.274 e. The van der Waals surface area contributed by atoms with Gasteiger partial charge in [-0.1, -0.05) is 43.2 Å². The number of likely N-dealkylation sites (tertiary alicyclic amines) is 1. The number of benzene rings is 1. The average Bonchev–Trinajstić information content (AvgIpc) is 3.48. The molecule has 1 aromatic heterocycles. The number of nitrogens with zero attached hydrogens (tertiary/aromatic N) is 3. The molecule has 31 heavy (non-hydrogen) atoms. The lowest BCUT2D eigenvalue weighted by Gasteiger charge is -2.32. The Kier molecular flexibility index (Phi) is 5.76. The number of hydrogen-bond donors (Lipinski definition) is 1. The van der Waals surface area contributed by atoms with Crippen LogP contribution in [0.5, 0.6) is 0 Å². The van der Waals surface area contributed by atoms with Crippen molar-refractivity contribution in [2.45, 2.75) is 63.8 Å². The van der Waals surface area contributed by atoms with Gasteiger partial charge in [0.2, 0.25) is 5.91 Å². The number of imidazole rings is 1. The van der Waals surface area contributed by atoms with Crippen molar-refractivity contribution < 1.29 is 14.3 Å². The molecule has 5 rings (SSSR count). The Morgan fingerprint density at radius 3 is 2.52 bits per heavy atom. The van der Waals surface area contributed by atoms with Crippen LogP contribution in [0.3, 0.4) is 0 Å². The van der Waals surface area contributed by atoms with Gasteiger partial charge < -0.3 is 19.5 Å². The predicted molar refractivity (Wildman–Crippen MR) is 115 cm³/mol. The number of piperidine rings is 1. The van der Waals surface area contributed by atoms with Gasteiger partial charge in [-0.2, -0.15) is 0 Å². The zero-order valence-electron chi connectivity index (χ0n) is 17.8. The van der Waals surface area contributed by atoms with Gasteiger partial charge >= 0.3 is 0 Å². The van der Waals surface area contributed by atoms with Crippen LogP contribution in [-0.4, -0.2) is 45.4 Å². The second kappa shape index (κ2) is 8.83. The van der Waals surface area contributed by atoms with Crippen LogP contribution in [0.2, 0.25) is 0 Å². The molecule has 2 amide bonds. The second-order valence-electron chi connectivity index (χ2n) is 8.96. The monoisotopic (exact) mass is 422 g/mol. The van der Waals surface area contributed by atoms with Gasteiger partial charge in [-0.25, -0.2) is 4.98 Å². The fraction of sp³-hybridized carbons (Fsp3) is 0.542. The van der Waals surface area contributed by atoms with Crippen LogP contribution in [0.4, 0.5) is 0 Å². The smallest absolute Gasteiger partial charge is 0.274 e. The van der Waals surface area contributed by atoms with Gasteiger partial charge in [-0.15, -0.1) is 0 Å². The van der Waals surface area contributed by atoms with Crippen LogP contribution in [0.15, 0.2) is 36.7 Å². The SMILES string of the molecule is O=C(NC1CCCC1)C1CCN(C(=O)c2ncn3c2CO[C@H](c2ccccc2)C3)CC1. The first-order chi connectivity index (χ1) is 15.2. The van der Waals surface area contributed by atoms with Crippen LogP contribution >= 0.6 is 0 Å². The molecule has 1 aliphatic carbocycles. The summed E-state index contributed by atoms with van der Waals surface area (Å²) < 4.78 is 8.09. The molecule has 1 N–H and O–H groups in total. The molecule has 7 nitrogen and oxygen atoms in total. The fourth-order valence-electron chi connectivity index (χ4n) is 5.06. The zero-order valence-corrected chi connectivity index (χ0v) is 17.8. The summed E-state index contributed by atoms with van der Waals surface area (Å²) >= 11 is 0. The Morgan fingerprint density at radius 1 is 1.03 bits per heavy atom. The number of hydrogen-bond acceptors (Lipinski definition) is 4. The van der Waals surface area contributed by atoms with E-state index in [2.05, 4.69) is 22.4 Å². The van der Waals surface area contributed by atoms with E-state index in [9.17, 15) is 9.59 Å². The summed E-state index contributed by atoms with van der Waals surface area (Å²) in [6, 6.07) is 10.5. The summed E-state index contributed by atoms with van der Waals surface area (Å²) in [5, 5.41) is 3.20. The van der Waals surface area contributed by atoms with Crippen molar-refractivity contribution in [2.24, 2.45) is 5.92 Å². The molecule has 3 heterocycles. The van der Waals surface area contributed by atoms with Gasteiger partial charge in [0.05, 0.1) is 25.2 Å². The largest absolute Gasteiger partial charge is 0.365 e.